The third-order valence-electron chi connectivity index (χ3n) is 8.23. The Morgan fingerprint density at radius 3 is 2.00 bits per heavy atom. The number of halogens is 3. The van der Waals surface area contributed by atoms with Gasteiger partial charge in [-0.15, -0.1) is 0 Å². The molecule has 0 fully saturated rings. The third-order valence-corrected chi connectivity index (χ3v) is 12.1. The van der Waals surface area contributed by atoms with Gasteiger partial charge in [0.2, 0.25) is 0 Å². The van der Waals surface area contributed by atoms with Crippen LogP contribution in [0.5, 0.6) is 0 Å². The fourth-order valence-corrected chi connectivity index (χ4v) is 9.69. The molecule has 208 valence electrons. The summed E-state index contributed by atoms with van der Waals surface area (Å²) >= 11 is -0.734. The first-order chi connectivity index (χ1) is 18.6. The second-order valence-electron chi connectivity index (χ2n) is 12.7. The van der Waals surface area contributed by atoms with Gasteiger partial charge >= 0.3 is 246 Å². The zero-order valence-electron chi connectivity index (χ0n) is 24.5. The van der Waals surface area contributed by atoms with Crippen molar-refractivity contribution in [2.24, 2.45) is 12.5 Å². The van der Waals surface area contributed by atoms with Crippen molar-refractivity contribution in [1.29, 1.82) is 0 Å². The van der Waals surface area contributed by atoms with Crippen molar-refractivity contribution in [3.63, 3.8) is 0 Å². The Labute approximate surface area is 245 Å². The summed E-state index contributed by atoms with van der Waals surface area (Å²) in [6, 6.07) is 21.2. The standard InChI is InChI=1S/C35H37F3NTe/c1-21-25-11-9-10-12-27(25)29(33(3,4)5)19-28(21)30-32-26(17-18-39(30)8)22(2)31(40-32)24-15-13-23(14-16-24)20-34(6,7)35(36,37)38/h9-19H,20H2,1-8H3/q+1. The Morgan fingerprint density at radius 1 is 0.775 bits per heavy atom. The van der Waals surface area contributed by atoms with Gasteiger partial charge in [0, 0.05) is 0 Å². The van der Waals surface area contributed by atoms with E-state index in [0.717, 1.165) is 5.56 Å². The molecule has 5 rings (SSSR count). The number of nitrogens with zero attached hydrogens (tertiary/aromatic N) is 1. The number of pyridine rings is 1. The first kappa shape index (κ1) is 28.9. The molecule has 5 aromatic rings. The van der Waals surface area contributed by atoms with Crippen molar-refractivity contribution in [2.45, 2.75) is 66.5 Å². The van der Waals surface area contributed by atoms with E-state index < -0.39 is 32.0 Å². The zero-order valence-corrected chi connectivity index (χ0v) is 26.9. The molecule has 0 atom stereocenters. The van der Waals surface area contributed by atoms with Crippen LogP contribution in [0.15, 0.2) is 66.9 Å². The van der Waals surface area contributed by atoms with Crippen LogP contribution in [0, 0.1) is 19.3 Å². The average molecular weight is 656 g/mol. The summed E-state index contributed by atoms with van der Waals surface area (Å²) < 4.78 is 45.4. The van der Waals surface area contributed by atoms with Crippen molar-refractivity contribution >= 4 is 40.0 Å². The van der Waals surface area contributed by atoms with E-state index in [0.29, 0.717) is 5.56 Å². The second kappa shape index (κ2) is 10.0. The van der Waals surface area contributed by atoms with Gasteiger partial charge in [-0.05, 0) is 0 Å². The molecular weight excluding hydrogens is 619 g/mol. The molecule has 0 saturated heterocycles. The molecule has 0 aliphatic rings. The zero-order chi connectivity index (χ0) is 29.2. The topological polar surface area (TPSA) is 3.88 Å². The number of benzene rings is 3. The van der Waals surface area contributed by atoms with E-state index in [-0.39, 0.29) is 11.8 Å². The van der Waals surface area contributed by atoms with Crippen LogP contribution in [0.4, 0.5) is 13.2 Å². The normalized spacial score (nSPS) is 13.0. The summed E-state index contributed by atoms with van der Waals surface area (Å²) in [5.74, 6) is 0. The minimum atomic E-state index is -4.23. The van der Waals surface area contributed by atoms with E-state index in [2.05, 4.69) is 88.8 Å². The van der Waals surface area contributed by atoms with E-state index in [1.807, 2.05) is 24.3 Å². The van der Waals surface area contributed by atoms with Crippen LogP contribution in [0.1, 0.15) is 56.9 Å². The molecule has 40 heavy (non-hydrogen) atoms. The Morgan fingerprint density at radius 2 is 1.40 bits per heavy atom. The van der Waals surface area contributed by atoms with Gasteiger partial charge in [-0.2, -0.15) is 0 Å². The van der Waals surface area contributed by atoms with Gasteiger partial charge in [0.05, 0.1) is 0 Å². The van der Waals surface area contributed by atoms with Crippen molar-refractivity contribution < 1.29 is 17.7 Å². The van der Waals surface area contributed by atoms with Gasteiger partial charge in [0.15, 0.2) is 0 Å². The van der Waals surface area contributed by atoms with E-state index in [4.69, 9.17) is 0 Å². The van der Waals surface area contributed by atoms with Gasteiger partial charge in [0.25, 0.3) is 0 Å². The summed E-state index contributed by atoms with van der Waals surface area (Å²) in [6.07, 6.45) is -2.09. The molecular formula is C35H37F3NTe+. The van der Waals surface area contributed by atoms with Gasteiger partial charge in [-0.3, -0.25) is 0 Å². The Balaban J connectivity index is 1.67. The monoisotopic (exact) mass is 658 g/mol. The van der Waals surface area contributed by atoms with Gasteiger partial charge in [-0.1, -0.05) is 0 Å². The molecule has 0 spiro atoms. The van der Waals surface area contributed by atoms with E-state index >= 15 is 0 Å². The minimum absolute atomic E-state index is 0.00295. The molecule has 5 heteroatoms. The summed E-state index contributed by atoms with van der Waals surface area (Å²) in [5.41, 5.74) is 6.59. The van der Waals surface area contributed by atoms with Crippen molar-refractivity contribution in [3.05, 3.63) is 89.1 Å². The summed E-state index contributed by atoms with van der Waals surface area (Å²) in [5, 5.41) is 3.91. The number of hydrogen-bond donors (Lipinski definition) is 0. The average Bonchev–Trinajstić information content (AvgIpc) is 3.20. The Bertz CT molecular complexity index is 1730. The molecule has 0 unspecified atom stereocenters. The van der Waals surface area contributed by atoms with Crippen LogP contribution >= 0.6 is 0 Å². The Kier molecular flexibility index (Phi) is 7.25. The van der Waals surface area contributed by atoms with Crippen LogP contribution in [-0.2, 0) is 18.9 Å². The number of rotatable bonds is 4. The fourth-order valence-electron chi connectivity index (χ4n) is 5.68. The molecule has 0 amide bonds. The van der Waals surface area contributed by atoms with Crippen LogP contribution < -0.4 is 4.57 Å². The predicted molar refractivity (Wildman–Crippen MR) is 162 cm³/mol. The molecule has 0 bridgehead atoms. The molecule has 0 N–H and O–H groups in total. The third kappa shape index (κ3) is 5.01. The van der Waals surface area contributed by atoms with Crippen molar-refractivity contribution in [1.82, 2.24) is 0 Å². The maximum absolute atomic E-state index is 13.5. The molecule has 1 nitrogen and oxygen atoms in total. The number of hydrogen-bond acceptors (Lipinski definition) is 0. The summed E-state index contributed by atoms with van der Waals surface area (Å²) in [6.45, 7) is 13.8. The molecule has 0 aliphatic heterocycles. The van der Waals surface area contributed by atoms with Gasteiger partial charge in [-0.25, -0.2) is 0 Å². The van der Waals surface area contributed by atoms with E-state index in [9.17, 15) is 13.2 Å². The molecule has 2 aromatic heterocycles. The van der Waals surface area contributed by atoms with Crippen molar-refractivity contribution in [2.75, 3.05) is 0 Å². The first-order valence-corrected chi connectivity index (χ1v) is 16.0. The maximum atomic E-state index is 13.5. The van der Waals surface area contributed by atoms with Crippen LogP contribution in [0.25, 0.3) is 40.0 Å². The quantitative estimate of drug-likeness (QED) is 0.134. The summed E-state index contributed by atoms with van der Waals surface area (Å²) in [7, 11) is 2.14. The van der Waals surface area contributed by atoms with E-state index in [1.54, 1.807) is 0 Å². The fraction of sp³-hybridized carbons (Fsp3) is 0.343. The predicted octanol–water partition coefficient (Wildman–Crippen LogP) is 9.25. The van der Waals surface area contributed by atoms with Gasteiger partial charge in [0.1, 0.15) is 0 Å². The molecule has 2 heterocycles. The SMILES string of the molecule is Cc1c(-c2c3[te]c(-c4ccc(CC(C)(C)C(F)(F)F)cc4)c(C)c3cc[n+]2C)cc(C(C)(C)C)c2ccccc12. The number of alkyl halides is 3. The first-order valence-electron chi connectivity index (χ1n) is 13.7. The number of aryl methyl sites for hydroxylation is 3. The van der Waals surface area contributed by atoms with Crippen LogP contribution in [0.3, 0.4) is 0 Å². The molecule has 0 radical (unpaired) electrons. The van der Waals surface area contributed by atoms with Crippen molar-refractivity contribution in [3.8, 4) is 20.4 Å². The number of aromatic nitrogens is 1. The van der Waals surface area contributed by atoms with Crippen LogP contribution in [0.2, 0.25) is 0 Å². The molecule has 0 saturated carbocycles. The van der Waals surface area contributed by atoms with E-state index in [1.165, 1.54) is 64.9 Å². The van der Waals surface area contributed by atoms with Gasteiger partial charge < -0.3 is 0 Å². The van der Waals surface area contributed by atoms with Crippen LogP contribution in [-0.4, -0.2) is 26.6 Å². The molecule has 3 aromatic carbocycles. The molecule has 0 aliphatic carbocycles. The summed E-state index contributed by atoms with van der Waals surface area (Å²) in [4.78, 5) is 0. The number of fused-ring (bicyclic) bond motifs is 2. The Hall–Kier alpha value is -2.61. The second-order valence-corrected chi connectivity index (χ2v) is 15.6.